The number of carboxylic acids is 1. The molecule has 1 aromatic rings. The highest BCUT2D eigenvalue weighted by Crippen LogP contribution is 2.21. The number of hydrogen-bond donors (Lipinski definition) is 3. The van der Waals surface area contributed by atoms with Gasteiger partial charge < -0.3 is 16.2 Å². The predicted molar refractivity (Wildman–Crippen MR) is 69.6 cm³/mol. The number of carbonyl (C=O) groups is 1. The molecule has 0 unspecified atom stereocenters. The minimum Gasteiger partial charge on any atom is -0.480 e. The van der Waals surface area contributed by atoms with Gasteiger partial charge in [0.05, 0.1) is 0 Å². The minimum atomic E-state index is -0.905. The zero-order valence-electron chi connectivity index (χ0n) is 9.55. The van der Waals surface area contributed by atoms with Crippen LogP contribution in [0.5, 0.6) is 0 Å². The molecular weight excluding hydrogens is 260 g/mol. The Bertz CT molecular complexity index is 359. The van der Waals surface area contributed by atoms with Gasteiger partial charge in [0.15, 0.2) is 4.34 Å². The zero-order chi connectivity index (χ0) is 12.7. The molecule has 0 saturated heterocycles. The lowest BCUT2D eigenvalue weighted by molar-refractivity contribution is -0.138. The summed E-state index contributed by atoms with van der Waals surface area (Å²) in [5, 5.41) is 11.8. The Morgan fingerprint density at radius 1 is 1.71 bits per heavy atom. The molecule has 1 atom stereocenters. The summed E-state index contributed by atoms with van der Waals surface area (Å²) in [6.45, 7) is 2.51. The molecular formula is C9H16N4O2S2. The molecule has 17 heavy (non-hydrogen) atoms. The van der Waals surface area contributed by atoms with Crippen LogP contribution in [0.3, 0.4) is 0 Å². The van der Waals surface area contributed by atoms with Crippen LogP contribution in [0.4, 0.5) is 5.95 Å². The van der Waals surface area contributed by atoms with Crippen LogP contribution >= 0.6 is 23.3 Å². The number of hydrogen-bond acceptors (Lipinski definition) is 7. The van der Waals surface area contributed by atoms with Gasteiger partial charge >= 0.3 is 5.97 Å². The average molecular weight is 276 g/mol. The lowest BCUT2D eigenvalue weighted by Crippen LogP contribution is -2.30. The van der Waals surface area contributed by atoms with Gasteiger partial charge in [-0.25, -0.2) is 4.79 Å². The first kappa shape index (κ1) is 14.2. The van der Waals surface area contributed by atoms with Gasteiger partial charge in [-0.1, -0.05) is 18.7 Å². The van der Waals surface area contributed by atoms with Crippen molar-refractivity contribution in [2.45, 2.75) is 30.1 Å². The quantitative estimate of drug-likeness (QED) is 0.614. The molecule has 1 rings (SSSR count). The molecule has 4 N–H and O–H groups in total. The number of nitrogens with one attached hydrogen (secondary N) is 1. The van der Waals surface area contributed by atoms with Crippen molar-refractivity contribution in [2.75, 3.05) is 17.6 Å². The summed E-state index contributed by atoms with van der Waals surface area (Å²) in [5.74, 6) is 0.401. The fraction of sp³-hybridized carbons (Fsp3) is 0.667. The van der Waals surface area contributed by atoms with Crippen LogP contribution in [0.15, 0.2) is 4.34 Å². The monoisotopic (exact) mass is 276 g/mol. The number of nitrogens with zero attached hydrogens (tertiary/aromatic N) is 2. The summed E-state index contributed by atoms with van der Waals surface area (Å²) in [6.07, 6.45) is 1.13. The molecule has 0 fully saturated rings. The van der Waals surface area contributed by atoms with Crippen molar-refractivity contribution in [3.8, 4) is 0 Å². The van der Waals surface area contributed by atoms with Crippen LogP contribution in [0, 0.1) is 0 Å². The summed E-state index contributed by atoms with van der Waals surface area (Å²) in [4.78, 5) is 15.2. The van der Waals surface area contributed by atoms with E-state index in [-0.39, 0.29) is 0 Å². The molecule has 0 spiro atoms. The summed E-state index contributed by atoms with van der Waals surface area (Å²) < 4.78 is 4.91. The molecule has 0 radical (unpaired) electrons. The molecule has 0 aliphatic carbocycles. The third kappa shape index (κ3) is 4.88. The standard InChI is InChI=1S/C9H16N4O2S2/c1-2-16-9-12-8(13-17-9)11-6(7(14)15)4-3-5-10/h6H,2-5,10H2,1H3,(H,11,13)(H,14,15)/t6-/m0/s1. The fourth-order valence-electron chi connectivity index (χ4n) is 1.19. The highest BCUT2D eigenvalue weighted by atomic mass is 32.2. The SMILES string of the molecule is CCSc1nc(N[C@@H](CCCN)C(=O)O)ns1. The predicted octanol–water partition coefficient (Wildman–Crippen LogP) is 1.25. The van der Waals surface area contributed by atoms with Crippen LogP contribution < -0.4 is 11.1 Å². The number of nitrogens with two attached hydrogens (primary N) is 1. The second-order valence-corrected chi connectivity index (χ2v) is 5.55. The summed E-state index contributed by atoms with van der Waals surface area (Å²) in [5.41, 5.74) is 5.36. The topological polar surface area (TPSA) is 101 Å². The van der Waals surface area contributed by atoms with Crippen molar-refractivity contribution >= 4 is 35.2 Å². The molecule has 96 valence electrons. The molecule has 8 heteroatoms. The van der Waals surface area contributed by atoms with Crippen LogP contribution in [0.1, 0.15) is 19.8 Å². The van der Waals surface area contributed by atoms with Gasteiger partial charge in [0.2, 0.25) is 5.95 Å². The van der Waals surface area contributed by atoms with Gasteiger partial charge in [-0.3, -0.25) is 0 Å². The highest BCUT2D eigenvalue weighted by molar-refractivity contribution is 8.00. The number of carboxylic acid groups (broad SMARTS) is 1. The molecule has 1 aromatic heterocycles. The van der Waals surface area contributed by atoms with Gasteiger partial charge in [-0.15, -0.1) is 0 Å². The Morgan fingerprint density at radius 3 is 3.06 bits per heavy atom. The van der Waals surface area contributed by atoms with Crippen molar-refractivity contribution in [2.24, 2.45) is 5.73 Å². The lowest BCUT2D eigenvalue weighted by Gasteiger charge is -2.11. The van der Waals surface area contributed by atoms with Crippen LogP contribution in [-0.2, 0) is 4.79 Å². The lowest BCUT2D eigenvalue weighted by atomic mass is 10.1. The van der Waals surface area contributed by atoms with E-state index < -0.39 is 12.0 Å². The maximum atomic E-state index is 11.0. The van der Waals surface area contributed by atoms with E-state index in [9.17, 15) is 4.79 Å². The minimum absolute atomic E-state index is 0.385. The van der Waals surface area contributed by atoms with E-state index in [0.717, 1.165) is 10.1 Å². The second kappa shape index (κ2) is 7.46. The van der Waals surface area contributed by atoms with Crippen LogP contribution in [0.25, 0.3) is 0 Å². The average Bonchev–Trinajstić information content (AvgIpc) is 2.72. The number of rotatable bonds is 8. The van der Waals surface area contributed by atoms with Crippen molar-refractivity contribution in [1.29, 1.82) is 0 Å². The van der Waals surface area contributed by atoms with E-state index in [1.165, 1.54) is 11.5 Å². The Balaban J connectivity index is 2.55. The van der Waals surface area contributed by atoms with E-state index >= 15 is 0 Å². The summed E-state index contributed by atoms with van der Waals surface area (Å²) in [6, 6.07) is -0.673. The normalized spacial score (nSPS) is 12.4. The van der Waals surface area contributed by atoms with Crippen molar-refractivity contribution in [1.82, 2.24) is 9.36 Å². The number of aromatic nitrogens is 2. The molecule has 0 amide bonds. The molecule has 6 nitrogen and oxygen atoms in total. The Hall–Kier alpha value is -0.860. The van der Waals surface area contributed by atoms with E-state index in [0.29, 0.717) is 25.3 Å². The van der Waals surface area contributed by atoms with E-state index in [1.807, 2.05) is 6.92 Å². The maximum Gasteiger partial charge on any atom is 0.326 e. The Labute approximate surface area is 108 Å². The number of aliphatic carboxylic acids is 1. The number of anilines is 1. The Morgan fingerprint density at radius 2 is 2.47 bits per heavy atom. The van der Waals surface area contributed by atoms with Crippen molar-refractivity contribution < 1.29 is 9.90 Å². The van der Waals surface area contributed by atoms with Crippen LogP contribution in [-0.4, -0.2) is 38.8 Å². The van der Waals surface area contributed by atoms with Crippen molar-refractivity contribution in [3.05, 3.63) is 0 Å². The first-order chi connectivity index (χ1) is 8.17. The van der Waals surface area contributed by atoms with Crippen LogP contribution in [0.2, 0.25) is 0 Å². The molecule has 0 bridgehead atoms. The highest BCUT2D eigenvalue weighted by Gasteiger charge is 2.18. The van der Waals surface area contributed by atoms with Gasteiger partial charge in [-0.05, 0) is 36.7 Å². The van der Waals surface area contributed by atoms with Gasteiger partial charge in [-0.2, -0.15) is 9.36 Å². The second-order valence-electron chi connectivity index (χ2n) is 3.28. The fourth-order valence-corrected chi connectivity index (χ4v) is 2.65. The summed E-state index contributed by atoms with van der Waals surface area (Å²) in [7, 11) is 0. The van der Waals surface area contributed by atoms with E-state index in [4.69, 9.17) is 10.8 Å². The summed E-state index contributed by atoms with van der Waals surface area (Å²) >= 11 is 2.86. The maximum absolute atomic E-state index is 11.0. The largest absolute Gasteiger partial charge is 0.480 e. The van der Waals surface area contributed by atoms with Gasteiger partial charge in [0.25, 0.3) is 0 Å². The molecule has 0 aliphatic heterocycles. The molecule has 0 aromatic carbocycles. The van der Waals surface area contributed by atoms with Gasteiger partial charge in [0, 0.05) is 0 Å². The van der Waals surface area contributed by atoms with Gasteiger partial charge in [0.1, 0.15) is 6.04 Å². The smallest absolute Gasteiger partial charge is 0.326 e. The first-order valence-electron chi connectivity index (χ1n) is 5.33. The third-order valence-electron chi connectivity index (χ3n) is 1.97. The van der Waals surface area contributed by atoms with E-state index in [2.05, 4.69) is 14.7 Å². The molecule has 0 saturated carbocycles. The molecule has 0 aliphatic rings. The zero-order valence-corrected chi connectivity index (χ0v) is 11.2. The van der Waals surface area contributed by atoms with E-state index in [1.54, 1.807) is 11.8 Å². The third-order valence-corrected chi connectivity index (χ3v) is 3.69. The number of thioether (sulfide) groups is 1. The molecule has 1 heterocycles. The first-order valence-corrected chi connectivity index (χ1v) is 7.09. The van der Waals surface area contributed by atoms with Crippen molar-refractivity contribution in [3.63, 3.8) is 0 Å². The Kier molecular flexibility index (Phi) is 6.23.